The molecule has 7 heteroatoms. The molecule has 0 saturated carbocycles. The number of nitrogens with one attached hydrogen (secondary N) is 1. The van der Waals surface area contributed by atoms with Gasteiger partial charge in [-0.25, -0.2) is 0 Å². The Morgan fingerprint density at radius 2 is 2.28 bits per heavy atom. The Kier molecular flexibility index (Phi) is 5.45. The van der Waals surface area contributed by atoms with Crippen LogP contribution in [0.5, 0.6) is 0 Å². The van der Waals surface area contributed by atoms with Crippen molar-refractivity contribution in [1.82, 2.24) is 19.7 Å². The highest BCUT2D eigenvalue weighted by Gasteiger charge is 2.36. The molecule has 1 aromatic carbocycles. The van der Waals surface area contributed by atoms with E-state index in [2.05, 4.69) is 33.4 Å². The van der Waals surface area contributed by atoms with Crippen molar-refractivity contribution >= 4 is 11.6 Å². The van der Waals surface area contributed by atoms with E-state index in [-0.39, 0.29) is 18.1 Å². The minimum Gasteiger partial charge on any atom is -0.380 e. The molecule has 2 atom stereocenters. The third-order valence-corrected chi connectivity index (χ3v) is 4.71. The average Bonchev–Trinajstić information content (AvgIpc) is 3.20. The van der Waals surface area contributed by atoms with Crippen molar-refractivity contribution < 1.29 is 9.53 Å². The van der Waals surface area contributed by atoms with Crippen LogP contribution in [0.4, 0.5) is 5.69 Å². The molecule has 25 heavy (non-hydrogen) atoms. The van der Waals surface area contributed by atoms with Crippen LogP contribution >= 0.6 is 0 Å². The van der Waals surface area contributed by atoms with Gasteiger partial charge in [-0.3, -0.25) is 9.69 Å². The van der Waals surface area contributed by atoms with Crippen molar-refractivity contribution in [2.24, 2.45) is 7.05 Å². The lowest BCUT2D eigenvalue weighted by atomic mass is 10.1. The molecule has 0 aliphatic carbocycles. The van der Waals surface area contributed by atoms with Crippen LogP contribution in [0.2, 0.25) is 0 Å². The third-order valence-electron chi connectivity index (χ3n) is 4.71. The maximum absolute atomic E-state index is 12.5. The Bertz CT molecular complexity index is 730. The molecule has 134 valence electrons. The van der Waals surface area contributed by atoms with Gasteiger partial charge in [0.25, 0.3) is 0 Å². The van der Waals surface area contributed by atoms with E-state index in [9.17, 15) is 4.79 Å². The van der Waals surface area contributed by atoms with Crippen LogP contribution in [-0.2, 0) is 23.0 Å². The van der Waals surface area contributed by atoms with E-state index >= 15 is 0 Å². The van der Waals surface area contributed by atoms with E-state index in [0.717, 1.165) is 24.4 Å². The van der Waals surface area contributed by atoms with Gasteiger partial charge in [0.05, 0.1) is 18.7 Å². The zero-order valence-corrected chi connectivity index (χ0v) is 15.0. The maximum atomic E-state index is 12.5. The number of carbonyl (C=O) groups is 1. The molecular formula is C18H25N5O2. The summed E-state index contributed by atoms with van der Waals surface area (Å²) in [5, 5.41) is 11.2. The number of ether oxygens (including phenoxy) is 1. The Morgan fingerprint density at radius 3 is 2.96 bits per heavy atom. The first-order valence-corrected chi connectivity index (χ1v) is 8.60. The largest absolute Gasteiger partial charge is 0.380 e. The summed E-state index contributed by atoms with van der Waals surface area (Å²) in [5.41, 5.74) is 2.04. The van der Waals surface area contributed by atoms with Crippen molar-refractivity contribution in [1.29, 1.82) is 0 Å². The van der Waals surface area contributed by atoms with E-state index in [1.807, 2.05) is 29.8 Å². The van der Waals surface area contributed by atoms with Crippen LogP contribution in [0.1, 0.15) is 30.8 Å². The molecule has 7 nitrogen and oxygen atoms in total. The summed E-state index contributed by atoms with van der Waals surface area (Å²) in [5.74, 6) is 0.831. The first-order chi connectivity index (χ1) is 12.1. The highest BCUT2D eigenvalue weighted by Crippen LogP contribution is 2.31. The van der Waals surface area contributed by atoms with Crippen molar-refractivity contribution in [2.75, 3.05) is 25.5 Å². The molecule has 1 amide bonds. The van der Waals surface area contributed by atoms with Crippen molar-refractivity contribution in [3.63, 3.8) is 0 Å². The second kappa shape index (κ2) is 7.76. The molecular weight excluding hydrogens is 318 g/mol. The van der Waals surface area contributed by atoms with Crippen LogP contribution in [0.15, 0.2) is 30.6 Å². The molecule has 1 aliphatic rings. The van der Waals surface area contributed by atoms with Crippen LogP contribution in [0, 0.1) is 0 Å². The molecule has 1 saturated heterocycles. The quantitative estimate of drug-likeness (QED) is 0.865. The molecule has 1 fully saturated rings. The predicted octanol–water partition coefficient (Wildman–Crippen LogP) is 1.78. The summed E-state index contributed by atoms with van der Waals surface area (Å²) in [6.07, 6.45) is 3.53. The number of likely N-dealkylation sites (tertiary alicyclic amines) is 1. The van der Waals surface area contributed by atoms with E-state index in [1.165, 1.54) is 5.56 Å². The van der Waals surface area contributed by atoms with Gasteiger partial charge in [-0.1, -0.05) is 19.1 Å². The highest BCUT2D eigenvalue weighted by molar-refractivity contribution is 5.92. The fraction of sp³-hybridized carbons (Fsp3) is 0.500. The summed E-state index contributed by atoms with van der Waals surface area (Å²) in [4.78, 5) is 14.6. The normalized spacial score (nSPS) is 20.8. The summed E-state index contributed by atoms with van der Waals surface area (Å²) in [6, 6.07) is 7.99. The molecule has 3 rings (SSSR count). The monoisotopic (exact) mass is 343 g/mol. The fourth-order valence-corrected chi connectivity index (χ4v) is 3.32. The summed E-state index contributed by atoms with van der Waals surface area (Å²) in [6.45, 7) is 3.10. The smallest absolute Gasteiger partial charge is 0.238 e. The van der Waals surface area contributed by atoms with E-state index in [0.29, 0.717) is 13.1 Å². The van der Waals surface area contributed by atoms with Gasteiger partial charge in [-0.05, 0) is 30.5 Å². The number of carbonyl (C=O) groups excluding carboxylic acids is 1. The van der Waals surface area contributed by atoms with Crippen molar-refractivity contribution in [3.8, 4) is 0 Å². The molecule has 2 aromatic rings. The number of aryl methyl sites for hydroxylation is 2. The number of hydrogen-bond acceptors (Lipinski definition) is 5. The van der Waals surface area contributed by atoms with Crippen LogP contribution in [-0.4, -0.2) is 51.9 Å². The fourth-order valence-electron chi connectivity index (χ4n) is 3.32. The van der Waals surface area contributed by atoms with Crippen LogP contribution in [0.3, 0.4) is 0 Å². The van der Waals surface area contributed by atoms with E-state index in [1.54, 1.807) is 13.4 Å². The number of benzene rings is 1. The molecule has 1 N–H and O–H groups in total. The number of aromatic nitrogens is 3. The van der Waals surface area contributed by atoms with Gasteiger partial charge in [0.15, 0.2) is 0 Å². The number of nitrogens with zero attached hydrogens (tertiary/aromatic N) is 4. The van der Waals surface area contributed by atoms with Gasteiger partial charge in [0, 0.05) is 26.4 Å². The Labute approximate surface area is 148 Å². The zero-order chi connectivity index (χ0) is 17.8. The molecule has 1 aromatic heterocycles. The van der Waals surface area contributed by atoms with Gasteiger partial charge in [0.1, 0.15) is 12.2 Å². The standard InChI is InChI=1S/C18H25N5O2/c1-4-13-6-5-7-14(8-13)20-17(24)11-23-10-15(25-3)9-16(23)18-21-19-12-22(18)2/h5-8,12,15-16H,4,9-11H2,1-3H3,(H,20,24)/t15-,16+/m1/s1. The minimum absolute atomic E-state index is 0.0304. The predicted molar refractivity (Wildman–Crippen MR) is 95.2 cm³/mol. The number of amides is 1. The van der Waals surface area contributed by atoms with Gasteiger partial charge in [0.2, 0.25) is 5.91 Å². The summed E-state index contributed by atoms with van der Waals surface area (Å²) in [7, 11) is 3.63. The lowest BCUT2D eigenvalue weighted by Crippen LogP contribution is -2.34. The third kappa shape index (κ3) is 4.05. The topological polar surface area (TPSA) is 72.3 Å². The Morgan fingerprint density at radius 1 is 1.44 bits per heavy atom. The lowest BCUT2D eigenvalue weighted by molar-refractivity contribution is -0.117. The molecule has 0 spiro atoms. The Hall–Kier alpha value is -2.25. The van der Waals surface area contributed by atoms with Gasteiger partial charge in [-0.2, -0.15) is 0 Å². The minimum atomic E-state index is -0.0304. The van der Waals surface area contributed by atoms with Gasteiger partial charge >= 0.3 is 0 Å². The van der Waals surface area contributed by atoms with Gasteiger partial charge < -0.3 is 14.6 Å². The Balaban J connectivity index is 1.68. The highest BCUT2D eigenvalue weighted by atomic mass is 16.5. The van der Waals surface area contributed by atoms with Crippen molar-refractivity contribution in [3.05, 3.63) is 42.0 Å². The summed E-state index contributed by atoms with van der Waals surface area (Å²) < 4.78 is 7.41. The first kappa shape index (κ1) is 17.6. The van der Waals surface area contributed by atoms with Crippen molar-refractivity contribution in [2.45, 2.75) is 31.9 Å². The number of methoxy groups -OCH3 is 1. The average molecular weight is 343 g/mol. The molecule has 0 bridgehead atoms. The molecule has 1 aliphatic heterocycles. The molecule has 0 radical (unpaired) electrons. The molecule has 0 unspecified atom stereocenters. The van der Waals surface area contributed by atoms with E-state index < -0.39 is 0 Å². The molecule has 2 heterocycles. The number of anilines is 1. The lowest BCUT2D eigenvalue weighted by Gasteiger charge is -2.22. The maximum Gasteiger partial charge on any atom is 0.238 e. The second-order valence-corrected chi connectivity index (χ2v) is 6.44. The van der Waals surface area contributed by atoms with Gasteiger partial charge in [-0.15, -0.1) is 10.2 Å². The zero-order valence-electron chi connectivity index (χ0n) is 15.0. The van der Waals surface area contributed by atoms with Crippen LogP contribution in [0.25, 0.3) is 0 Å². The second-order valence-electron chi connectivity index (χ2n) is 6.44. The first-order valence-electron chi connectivity index (χ1n) is 8.60. The number of rotatable bonds is 6. The van der Waals surface area contributed by atoms with Crippen LogP contribution < -0.4 is 5.32 Å². The number of hydrogen-bond donors (Lipinski definition) is 1. The van der Waals surface area contributed by atoms with E-state index in [4.69, 9.17) is 4.74 Å². The SMILES string of the molecule is CCc1cccc(NC(=O)CN2C[C@H](OC)C[C@H]2c2nncn2C)c1. The summed E-state index contributed by atoms with van der Waals surface area (Å²) >= 11 is 0.